The smallest absolute Gasteiger partial charge is 0.248 e. The third-order valence-corrected chi connectivity index (χ3v) is 4.43. The first kappa shape index (κ1) is 14.9. The van der Waals surface area contributed by atoms with Gasteiger partial charge in [0.25, 0.3) is 0 Å². The second kappa shape index (κ2) is 6.42. The van der Waals surface area contributed by atoms with Crippen molar-refractivity contribution in [3.8, 4) is 0 Å². The molecule has 110 valence electrons. The number of carbonyl (C=O) groups excluding carboxylic acids is 1. The molecular formula is C17H13BrN2OS. The number of hydrogen-bond donors (Lipinski definition) is 1. The van der Waals surface area contributed by atoms with E-state index in [1.54, 1.807) is 17.4 Å². The molecule has 0 radical (unpaired) electrons. The van der Waals surface area contributed by atoms with Crippen LogP contribution in [0.15, 0.2) is 52.3 Å². The zero-order valence-corrected chi connectivity index (χ0v) is 14.2. The van der Waals surface area contributed by atoms with Gasteiger partial charge in [-0.1, -0.05) is 22.0 Å². The molecule has 0 spiro atoms. The molecule has 2 heterocycles. The molecule has 0 aliphatic carbocycles. The molecule has 0 saturated carbocycles. The minimum Gasteiger partial charge on any atom is -0.322 e. The highest BCUT2D eigenvalue weighted by molar-refractivity contribution is 9.10. The molecule has 0 aliphatic heterocycles. The number of halogens is 1. The Bertz CT molecular complexity index is 856. The summed E-state index contributed by atoms with van der Waals surface area (Å²) < 4.78 is 0.954. The van der Waals surface area contributed by atoms with Gasteiger partial charge in [-0.15, -0.1) is 11.3 Å². The molecule has 3 aromatic rings. The molecule has 2 aromatic heterocycles. The van der Waals surface area contributed by atoms with Gasteiger partial charge in [0, 0.05) is 26.5 Å². The Labute approximate surface area is 140 Å². The number of fused-ring (bicyclic) bond motifs is 1. The lowest BCUT2D eigenvalue weighted by atomic mass is 10.1. The third-order valence-electron chi connectivity index (χ3n) is 3.10. The second-order valence-corrected chi connectivity index (χ2v) is 6.71. The minimum atomic E-state index is -0.153. The summed E-state index contributed by atoms with van der Waals surface area (Å²) in [5.74, 6) is -0.153. The van der Waals surface area contributed by atoms with E-state index in [1.165, 1.54) is 0 Å². The topological polar surface area (TPSA) is 42.0 Å². The van der Waals surface area contributed by atoms with Crippen LogP contribution in [0.4, 0.5) is 5.69 Å². The Morgan fingerprint density at radius 2 is 2.18 bits per heavy atom. The van der Waals surface area contributed by atoms with Crippen molar-refractivity contribution >= 4 is 55.8 Å². The Kier molecular flexibility index (Phi) is 4.36. The number of aromatic nitrogens is 1. The van der Waals surface area contributed by atoms with Gasteiger partial charge in [0.15, 0.2) is 0 Å². The molecule has 0 aliphatic rings. The van der Waals surface area contributed by atoms with Gasteiger partial charge in [0.1, 0.15) is 0 Å². The van der Waals surface area contributed by atoms with Gasteiger partial charge < -0.3 is 5.32 Å². The number of nitrogens with zero attached hydrogens (tertiary/aromatic N) is 1. The van der Waals surface area contributed by atoms with Gasteiger partial charge >= 0.3 is 0 Å². The molecule has 0 fully saturated rings. The van der Waals surface area contributed by atoms with Crippen LogP contribution in [-0.2, 0) is 4.79 Å². The summed E-state index contributed by atoms with van der Waals surface area (Å²) in [6.45, 7) is 1.92. The number of rotatable bonds is 3. The Hall–Kier alpha value is -1.98. The van der Waals surface area contributed by atoms with E-state index in [0.29, 0.717) is 0 Å². The summed E-state index contributed by atoms with van der Waals surface area (Å²) in [6, 6.07) is 11.6. The number of aryl methyl sites for hydroxylation is 1. The van der Waals surface area contributed by atoms with Crippen molar-refractivity contribution in [3.63, 3.8) is 0 Å². The van der Waals surface area contributed by atoms with Gasteiger partial charge in [0.2, 0.25) is 5.91 Å². The molecule has 1 aromatic carbocycles. The van der Waals surface area contributed by atoms with Crippen molar-refractivity contribution in [2.75, 3.05) is 5.32 Å². The second-order valence-electron chi connectivity index (χ2n) is 4.81. The average molecular weight is 373 g/mol. The quantitative estimate of drug-likeness (QED) is 0.655. The Morgan fingerprint density at radius 1 is 1.32 bits per heavy atom. The molecule has 0 saturated heterocycles. The van der Waals surface area contributed by atoms with Crippen LogP contribution in [0.2, 0.25) is 0 Å². The minimum absolute atomic E-state index is 0.153. The van der Waals surface area contributed by atoms with E-state index < -0.39 is 0 Å². The van der Waals surface area contributed by atoms with Crippen LogP contribution in [0.5, 0.6) is 0 Å². The summed E-state index contributed by atoms with van der Waals surface area (Å²) in [7, 11) is 0. The van der Waals surface area contributed by atoms with Crippen molar-refractivity contribution < 1.29 is 4.79 Å². The fourth-order valence-corrected chi connectivity index (χ4v) is 3.13. The van der Waals surface area contributed by atoms with Crippen molar-refractivity contribution in [2.24, 2.45) is 0 Å². The monoisotopic (exact) mass is 372 g/mol. The van der Waals surface area contributed by atoms with Gasteiger partial charge in [-0.2, -0.15) is 0 Å². The van der Waals surface area contributed by atoms with Gasteiger partial charge in [-0.05, 0) is 48.7 Å². The number of amides is 1. The number of hydrogen-bond acceptors (Lipinski definition) is 3. The summed E-state index contributed by atoms with van der Waals surface area (Å²) >= 11 is 5.05. The molecule has 3 rings (SSSR count). The van der Waals surface area contributed by atoms with Crippen molar-refractivity contribution in [1.82, 2.24) is 4.98 Å². The molecule has 0 unspecified atom stereocenters. The first-order valence-corrected chi connectivity index (χ1v) is 8.38. The number of pyridine rings is 1. The van der Waals surface area contributed by atoms with E-state index in [9.17, 15) is 4.79 Å². The maximum absolute atomic E-state index is 12.1. The normalized spacial score (nSPS) is 11.2. The first-order chi connectivity index (χ1) is 10.6. The van der Waals surface area contributed by atoms with Crippen LogP contribution in [-0.4, -0.2) is 10.9 Å². The predicted octanol–water partition coefficient (Wildman–Crippen LogP) is 5.02. The lowest BCUT2D eigenvalue weighted by molar-refractivity contribution is -0.111. The summed E-state index contributed by atoms with van der Waals surface area (Å²) in [5, 5.41) is 5.83. The third kappa shape index (κ3) is 3.43. The molecule has 0 bridgehead atoms. The molecule has 0 atom stereocenters. The van der Waals surface area contributed by atoms with Gasteiger partial charge in [0.05, 0.1) is 11.2 Å². The van der Waals surface area contributed by atoms with E-state index in [2.05, 4.69) is 26.2 Å². The fraction of sp³-hybridized carbons (Fsp3) is 0.0588. The van der Waals surface area contributed by atoms with Crippen LogP contribution in [0.1, 0.15) is 10.6 Å². The van der Waals surface area contributed by atoms with E-state index in [4.69, 9.17) is 0 Å². The van der Waals surface area contributed by atoms with Crippen molar-refractivity contribution in [3.05, 3.63) is 62.9 Å². The fourth-order valence-electron chi connectivity index (χ4n) is 2.15. The number of anilines is 1. The summed E-state index contributed by atoms with van der Waals surface area (Å²) in [4.78, 5) is 17.7. The number of carbonyl (C=O) groups is 1. The maximum Gasteiger partial charge on any atom is 0.248 e. The molecule has 5 heteroatoms. The largest absolute Gasteiger partial charge is 0.322 e. The zero-order chi connectivity index (χ0) is 15.5. The van der Waals surface area contributed by atoms with Crippen LogP contribution in [0.3, 0.4) is 0 Å². The maximum atomic E-state index is 12.1. The first-order valence-electron chi connectivity index (χ1n) is 6.71. The van der Waals surface area contributed by atoms with E-state index in [0.717, 1.165) is 31.6 Å². The standard InChI is InChI=1S/C17H13BrN2OS/c1-11-9-16(14-10-12(18)4-6-15(14)19-11)20-17(21)7-5-13-3-2-8-22-13/h2-10H,1H3,(H,19,20,21)/b7-5+. The molecule has 1 amide bonds. The molecule has 3 nitrogen and oxygen atoms in total. The van der Waals surface area contributed by atoms with Crippen molar-refractivity contribution in [2.45, 2.75) is 6.92 Å². The highest BCUT2D eigenvalue weighted by Crippen LogP contribution is 2.26. The van der Waals surface area contributed by atoms with Crippen molar-refractivity contribution in [1.29, 1.82) is 0 Å². The van der Waals surface area contributed by atoms with Gasteiger partial charge in [-0.3, -0.25) is 9.78 Å². The van der Waals surface area contributed by atoms with E-state index in [1.807, 2.05) is 54.8 Å². The highest BCUT2D eigenvalue weighted by Gasteiger charge is 2.07. The number of thiophene rings is 1. The SMILES string of the molecule is Cc1cc(NC(=O)/C=C/c2cccs2)c2cc(Br)ccc2n1. The summed E-state index contributed by atoms with van der Waals surface area (Å²) in [6.07, 6.45) is 3.36. The van der Waals surface area contributed by atoms with E-state index in [-0.39, 0.29) is 5.91 Å². The Balaban J connectivity index is 1.89. The summed E-state index contributed by atoms with van der Waals surface area (Å²) in [5.41, 5.74) is 2.50. The van der Waals surface area contributed by atoms with Crippen LogP contribution < -0.4 is 5.32 Å². The van der Waals surface area contributed by atoms with Gasteiger partial charge in [-0.25, -0.2) is 0 Å². The van der Waals surface area contributed by atoms with Crippen LogP contribution >= 0.6 is 27.3 Å². The lowest BCUT2D eigenvalue weighted by Gasteiger charge is -2.08. The zero-order valence-electron chi connectivity index (χ0n) is 11.8. The van der Waals surface area contributed by atoms with E-state index >= 15 is 0 Å². The number of benzene rings is 1. The lowest BCUT2D eigenvalue weighted by Crippen LogP contribution is -2.08. The van der Waals surface area contributed by atoms with Crippen LogP contribution in [0, 0.1) is 6.92 Å². The van der Waals surface area contributed by atoms with Crippen LogP contribution in [0.25, 0.3) is 17.0 Å². The molecule has 1 N–H and O–H groups in total. The highest BCUT2D eigenvalue weighted by atomic mass is 79.9. The number of nitrogens with one attached hydrogen (secondary N) is 1. The molecular weight excluding hydrogens is 360 g/mol. The Morgan fingerprint density at radius 3 is 2.95 bits per heavy atom. The molecule has 22 heavy (non-hydrogen) atoms. The average Bonchev–Trinajstić information content (AvgIpc) is 2.99. The predicted molar refractivity (Wildman–Crippen MR) is 96.2 cm³/mol.